The lowest BCUT2D eigenvalue weighted by Crippen LogP contribution is -2.05. The molecule has 0 fully saturated rings. The molecule has 1 aromatic heterocycles. The molecule has 0 atom stereocenters. The van der Waals surface area contributed by atoms with Crippen LogP contribution in [0.15, 0.2) is 24.4 Å². The first-order valence-electron chi connectivity index (χ1n) is 4.53. The van der Waals surface area contributed by atoms with Gasteiger partial charge in [0, 0.05) is 0 Å². The number of methoxy groups -OCH3 is 1. The van der Waals surface area contributed by atoms with E-state index in [1.165, 1.54) is 13.3 Å². The molecule has 1 heterocycles. The first-order valence-corrected chi connectivity index (χ1v) is 4.53. The van der Waals surface area contributed by atoms with E-state index < -0.39 is 5.97 Å². The van der Waals surface area contributed by atoms with Crippen LogP contribution in [0.2, 0.25) is 0 Å². The summed E-state index contributed by atoms with van der Waals surface area (Å²) in [7, 11) is 1.32. The maximum Gasteiger partial charge on any atom is 0.358 e. The van der Waals surface area contributed by atoms with Crippen molar-refractivity contribution in [2.45, 2.75) is 6.92 Å². The van der Waals surface area contributed by atoms with Crippen LogP contribution in [0.25, 0.3) is 11.0 Å². The smallest absolute Gasteiger partial charge is 0.358 e. The third kappa shape index (κ3) is 1.66. The zero-order valence-corrected chi connectivity index (χ0v) is 8.52. The number of para-hydroxylation sites is 1. The molecule has 15 heavy (non-hydrogen) atoms. The average Bonchev–Trinajstić information content (AvgIpc) is 2.28. The summed E-state index contributed by atoms with van der Waals surface area (Å²) in [5, 5.41) is 0. The molecule has 0 aliphatic heterocycles. The van der Waals surface area contributed by atoms with Gasteiger partial charge in [-0.15, -0.1) is 0 Å². The van der Waals surface area contributed by atoms with Gasteiger partial charge in [-0.05, 0) is 18.6 Å². The van der Waals surface area contributed by atoms with Crippen molar-refractivity contribution in [1.29, 1.82) is 0 Å². The van der Waals surface area contributed by atoms with Gasteiger partial charge in [-0.3, -0.25) is 4.98 Å². The molecule has 2 aromatic rings. The Bertz CT molecular complexity index is 523. The molecule has 0 aliphatic rings. The number of hydrogen-bond donors (Lipinski definition) is 0. The van der Waals surface area contributed by atoms with E-state index in [1.54, 1.807) is 0 Å². The number of aromatic nitrogens is 2. The Morgan fingerprint density at radius 2 is 2.20 bits per heavy atom. The Morgan fingerprint density at radius 3 is 2.93 bits per heavy atom. The fraction of sp³-hybridized carbons (Fsp3) is 0.182. The van der Waals surface area contributed by atoms with Crippen LogP contribution in [-0.4, -0.2) is 23.0 Å². The highest BCUT2D eigenvalue weighted by Crippen LogP contribution is 2.13. The van der Waals surface area contributed by atoms with Crippen LogP contribution < -0.4 is 0 Å². The summed E-state index contributed by atoms with van der Waals surface area (Å²) in [5.41, 5.74) is 2.79. The first-order chi connectivity index (χ1) is 7.22. The molecule has 0 N–H and O–H groups in total. The van der Waals surface area contributed by atoms with Crippen molar-refractivity contribution in [2.24, 2.45) is 0 Å². The molecule has 0 unspecified atom stereocenters. The third-order valence-electron chi connectivity index (χ3n) is 2.17. The van der Waals surface area contributed by atoms with E-state index in [0.29, 0.717) is 5.52 Å². The van der Waals surface area contributed by atoms with Crippen LogP contribution in [0, 0.1) is 6.92 Å². The zero-order valence-electron chi connectivity index (χ0n) is 8.52. The molecule has 2 rings (SSSR count). The molecule has 0 saturated heterocycles. The van der Waals surface area contributed by atoms with Crippen molar-refractivity contribution in [3.8, 4) is 0 Å². The summed E-state index contributed by atoms with van der Waals surface area (Å²) in [6.07, 6.45) is 1.43. The van der Waals surface area contributed by atoms with Gasteiger partial charge < -0.3 is 4.74 Å². The molecule has 0 bridgehead atoms. The van der Waals surface area contributed by atoms with Crippen LogP contribution >= 0.6 is 0 Å². The summed E-state index contributed by atoms with van der Waals surface area (Å²) < 4.78 is 4.57. The summed E-state index contributed by atoms with van der Waals surface area (Å²) >= 11 is 0. The highest BCUT2D eigenvalue weighted by Gasteiger charge is 2.09. The van der Waals surface area contributed by atoms with Crippen LogP contribution in [0.5, 0.6) is 0 Å². The van der Waals surface area contributed by atoms with E-state index in [-0.39, 0.29) is 5.69 Å². The largest absolute Gasteiger partial charge is 0.464 e. The van der Waals surface area contributed by atoms with Crippen molar-refractivity contribution in [3.05, 3.63) is 35.7 Å². The van der Waals surface area contributed by atoms with E-state index in [4.69, 9.17) is 0 Å². The van der Waals surface area contributed by atoms with Gasteiger partial charge in [-0.2, -0.15) is 0 Å². The highest BCUT2D eigenvalue weighted by molar-refractivity contribution is 5.89. The average molecular weight is 202 g/mol. The van der Waals surface area contributed by atoms with E-state index in [0.717, 1.165) is 11.1 Å². The van der Waals surface area contributed by atoms with Crippen LogP contribution in [0.3, 0.4) is 0 Å². The van der Waals surface area contributed by atoms with Crippen LogP contribution in [-0.2, 0) is 4.74 Å². The van der Waals surface area contributed by atoms with Crippen molar-refractivity contribution in [3.63, 3.8) is 0 Å². The Kier molecular flexibility index (Phi) is 2.33. The second kappa shape index (κ2) is 3.65. The Hall–Kier alpha value is -1.97. The van der Waals surface area contributed by atoms with Crippen molar-refractivity contribution >= 4 is 17.0 Å². The van der Waals surface area contributed by atoms with Gasteiger partial charge in [0.25, 0.3) is 0 Å². The minimum Gasteiger partial charge on any atom is -0.464 e. The molecule has 0 aliphatic carbocycles. The number of fused-ring (bicyclic) bond motifs is 1. The first kappa shape index (κ1) is 9.58. The van der Waals surface area contributed by atoms with Gasteiger partial charge in [0.05, 0.1) is 24.3 Å². The van der Waals surface area contributed by atoms with Gasteiger partial charge in [0.2, 0.25) is 0 Å². The zero-order chi connectivity index (χ0) is 10.8. The molecule has 1 aromatic carbocycles. The maximum atomic E-state index is 11.2. The molecule has 4 heteroatoms. The van der Waals surface area contributed by atoms with Crippen molar-refractivity contribution < 1.29 is 9.53 Å². The fourth-order valence-corrected chi connectivity index (χ4v) is 1.39. The van der Waals surface area contributed by atoms with Gasteiger partial charge in [0.15, 0.2) is 5.69 Å². The lowest BCUT2D eigenvalue weighted by Gasteiger charge is -2.02. The monoisotopic (exact) mass is 202 g/mol. The topological polar surface area (TPSA) is 52.1 Å². The minimum absolute atomic E-state index is 0.232. The lowest BCUT2D eigenvalue weighted by atomic mass is 10.2. The number of hydrogen-bond acceptors (Lipinski definition) is 4. The molecular weight excluding hydrogens is 192 g/mol. The molecule has 0 spiro atoms. The highest BCUT2D eigenvalue weighted by atomic mass is 16.5. The number of nitrogens with zero attached hydrogens (tertiary/aromatic N) is 2. The van der Waals surface area contributed by atoms with Crippen molar-refractivity contribution in [1.82, 2.24) is 9.97 Å². The van der Waals surface area contributed by atoms with Gasteiger partial charge in [-0.1, -0.05) is 12.1 Å². The lowest BCUT2D eigenvalue weighted by molar-refractivity contribution is 0.0594. The SMILES string of the molecule is COC(=O)c1cnc2c(C)cccc2n1. The van der Waals surface area contributed by atoms with E-state index in [9.17, 15) is 4.79 Å². The Morgan fingerprint density at radius 1 is 1.40 bits per heavy atom. The van der Waals surface area contributed by atoms with E-state index in [2.05, 4.69) is 14.7 Å². The van der Waals surface area contributed by atoms with Gasteiger partial charge >= 0.3 is 5.97 Å². The summed E-state index contributed by atoms with van der Waals surface area (Å²) in [6.45, 7) is 1.95. The minimum atomic E-state index is -0.467. The summed E-state index contributed by atoms with van der Waals surface area (Å²) in [4.78, 5) is 19.6. The standard InChI is InChI=1S/C11H10N2O2/c1-7-4-3-5-8-10(7)12-6-9(13-8)11(14)15-2/h3-6H,1-2H3. The molecule has 0 saturated carbocycles. The normalized spacial score (nSPS) is 10.3. The second-order valence-electron chi connectivity index (χ2n) is 3.19. The third-order valence-corrected chi connectivity index (χ3v) is 2.17. The molecule has 76 valence electrons. The Labute approximate surface area is 86.9 Å². The Balaban J connectivity index is 2.62. The number of benzene rings is 1. The fourth-order valence-electron chi connectivity index (χ4n) is 1.39. The number of aryl methyl sites for hydroxylation is 1. The van der Waals surface area contributed by atoms with E-state index >= 15 is 0 Å². The molecule has 4 nitrogen and oxygen atoms in total. The summed E-state index contributed by atoms with van der Waals surface area (Å²) in [6, 6.07) is 5.66. The number of esters is 1. The molecule has 0 radical (unpaired) electrons. The van der Waals surface area contributed by atoms with Crippen molar-refractivity contribution in [2.75, 3.05) is 7.11 Å². The number of rotatable bonds is 1. The molecular formula is C11H10N2O2. The predicted molar refractivity (Wildman–Crippen MR) is 55.6 cm³/mol. The van der Waals surface area contributed by atoms with Gasteiger partial charge in [-0.25, -0.2) is 9.78 Å². The number of ether oxygens (including phenoxy) is 1. The number of carbonyl (C=O) groups excluding carboxylic acids is 1. The maximum absolute atomic E-state index is 11.2. The predicted octanol–water partition coefficient (Wildman–Crippen LogP) is 1.72. The second-order valence-corrected chi connectivity index (χ2v) is 3.19. The molecule has 0 amide bonds. The number of carbonyl (C=O) groups is 1. The van der Waals surface area contributed by atoms with Crippen LogP contribution in [0.4, 0.5) is 0 Å². The van der Waals surface area contributed by atoms with E-state index in [1.807, 2.05) is 25.1 Å². The summed E-state index contributed by atoms with van der Waals surface area (Å²) in [5.74, 6) is -0.467. The van der Waals surface area contributed by atoms with Crippen LogP contribution in [0.1, 0.15) is 16.1 Å². The van der Waals surface area contributed by atoms with Gasteiger partial charge in [0.1, 0.15) is 0 Å². The quantitative estimate of drug-likeness (QED) is 0.661.